The van der Waals surface area contributed by atoms with Crippen LogP contribution in [0.25, 0.3) is 0 Å². The molecule has 1 aliphatic rings. The van der Waals surface area contributed by atoms with Gasteiger partial charge in [0.1, 0.15) is 5.60 Å². The van der Waals surface area contributed by atoms with E-state index in [2.05, 4.69) is 24.0 Å². The zero-order valence-electron chi connectivity index (χ0n) is 16.5. The predicted molar refractivity (Wildman–Crippen MR) is 110 cm³/mol. The number of aliphatic hydroxyl groups is 1. The maximum absolute atomic E-state index is 12.8. The molecule has 0 unspecified atom stereocenters. The molecule has 1 amide bonds. The van der Waals surface area contributed by atoms with Crippen molar-refractivity contribution in [2.75, 3.05) is 13.1 Å². The van der Waals surface area contributed by atoms with Gasteiger partial charge in [-0.3, -0.25) is 4.79 Å². The summed E-state index contributed by atoms with van der Waals surface area (Å²) in [5.41, 5.74) is 1.48. The molecule has 0 bridgehead atoms. The van der Waals surface area contributed by atoms with E-state index in [1.165, 1.54) is 5.56 Å². The second-order valence-electron chi connectivity index (χ2n) is 7.68. The molecule has 1 aliphatic heterocycles. The van der Waals surface area contributed by atoms with E-state index in [0.717, 1.165) is 18.4 Å². The maximum atomic E-state index is 12.8. The van der Waals surface area contributed by atoms with Gasteiger partial charge in [0, 0.05) is 24.2 Å². The average Bonchev–Trinajstić information content (AvgIpc) is 2.71. The monoisotopic (exact) mass is 377 g/mol. The van der Waals surface area contributed by atoms with Crippen molar-refractivity contribution >= 4 is 5.91 Å². The number of carbonyl (C=O) groups is 1. The number of carbonyl (C=O) groups excluding carboxylic acids is 1. The minimum Gasteiger partial charge on any atom is -0.378 e. The number of piperidine rings is 1. The minimum absolute atomic E-state index is 0.0217. The van der Waals surface area contributed by atoms with Crippen LogP contribution in [0.2, 0.25) is 0 Å². The first-order valence-electron chi connectivity index (χ1n) is 9.71. The second-order valence-corrected chi connectivity index (χ2v) is 7.68. The highest BCUT2D eigenvalue weighted by Crippen LogP contribution is 2.18. The molecule has 4 heteroatoms. The van der Waals surface area contributed by atoms with Crippen LogP contribution < -0.4 is 0 Å². The quantitative estimate of drug-likeness (QED) is 0.828. The number of likely N-dealkylation sites (tertiary alicyclic amines) is 1. The molecule has 28 heavy (non-hydrogen) atoms. The van der Waals surface area contributed by atoms with Crippen molar-refractivity contribution in [1.82, 2.24) is 4.90 Å². The number of nitrogens with zero attached hydrogens (tertiary/aromatic N) is 1. The van der Waals surface area contributed by atoms with Gasteiger partial charge >= 0.3 is 0 Å². The summed E-state index contributed by atoms with van der Waals surface area (Å²) in [6, 6.07) is 17.4. The van der Waals surface area contributed by atoms with Gasteiger partial charge in [-0.15, -0.1) is 0 Å². The number of hydrogen-bond acceptors (Lipinski definition) is 3. The summed E-state index contributed by atoms with van der Waals surface area (Å²) in [6.07, 6.45) is 1.88. The minimum atomic E-state index is -1.05. The molecule has 1 N–H and O–H groups in total. The highest BCUT2D eigenvalue weighted by molar-refractivity contribution is 5.94. The Hall–Kier alpha value is -2.61. The zero-order valence-corrected chi connectivity index (χ0v) is 16.5. The van der Waals surface area contributed by atoms with Gasteiger partial charge in [0.15, 0.2) is 0 Å². The first kappa shape index (κ1) is 20.1. The SMILES string of the molecule is CC(C)(O)C#Cc1cccc(C(=O)N2CCC(OCc3ccccc3)CC2)c1. The van der Waals surface area contributed by atoms with Gasteiger partial charge < -0.3 is 14.7 Å². The lowest BCUT2D eigenvalue weighted by atomic mass is 10.0. The van der Waals surface area contributed by atoms with Gasteiger partial charge in [-0.2, -0.15) is 0 Å². The largest absolute Gasteiger partial charge is 0.378 e. The summed E-state index contributed by atoms with van der Waals surface area (Å²) in [5, 5.41) is 9.74. The Morgan fingerprint density at radius 1 is 1.14 bits per heavy atom. The molecule has 1 fully saturated rings. The van der Waals surface area contributed by atoms with Gasteiger partial charge in [0.05, 0.1) is 12.7 Å². The summed E-state index contributed by atoms with van der Waals surface area (Å²) in [6.45, 7) is 5.27. The van der Waals surface area contributed by atoms with Crippen LogP contribution in [0.3, 0.4) is 0 Å². The molecule has 0 spiro atoms. The molecule has 4 nitrogen and oxygen atoms in total. The molecule has 146 valence electrons. The number of rotatable bonds is 4. The molecule has 1 heterocycles. The lowest BCUT2D eigenvalue weighted by molar-refractivity contribution is -0.000381. The fourth-order valence-corrected chi connectivity index (χ4v) is 3.15. The van der Waals surface area contributed by atoms with E-state index >= 15 is 0 Å². The normalized spacial score (nSPS) is 15.0. The summed E-state index contributed by atoms with van der Waals surface area (Å²) in [7, 11) is 0. The van der Waals surface area contributed by atoms with Crippen molar-refractivity contribution in [3.05, 3.63) is 71.3 Å². The average molecular weight is 377 g/mol. The van der Waals surface area contributed by atoms with Crippen molar-refractivity contribution in [1.29, 1.82) is 0 Å². The van der Waals surface area contributed by atoms with E-state index in [-0.39, 0.29) is 12.0 Å². The highest BCUT2D eigenvalue weighted by Gasteiger charge is 2.24. The Kier molecular flexibility index (Phi) is 6.51. The zero-order chi connectivity index (χ0) is 20.0. The third kappa shape index (κ3) is 5.95. The van der Waals surface area contributed by atoms with Crippen LogP contribution in [0.15, 0.2) is 54.6 Å². The first-order chi connectivity index (χ1) is 13.4. The third-order valence-corrected chi connectivity index (χ3v) is 4.68. The lowest BCUT2D eigenvalue weighted by Gasteiger charge is -2.32. The molecule has 0 atom stereocenters. The number of benzene rings is 2. The molecular formula is C24H27NO3. The molecule has 3 rings (SSSR count). The fourth-order valence-electron chi connectivity index (χ4n) is 3.15. The van der Waals surface area contributed by atoms with Gasteiger partial charge in [-0.05, 0) is 50.5 Å². The van der Waals surface area contributed by atoms with Crippen LogP contribution in [0.5, 0.6) is 0 Å². The maximum Gasteiger partial charge on any atom is 0.253 e. The van der Waals surface area contributed by atoms with Gasteiger partial charge in [-0.1, -0.05) is 48.2 Å². The van der Waals surface area contributed by atoms with Crippen LogP contribution in [-0.4, -0.2) is 40.7 Å². The van der Waals surface area contributed by atoms with E-state index in [4.69, 9.17) is 4.74 Å². The van der Waals surface area contributed by atoms with Gasteiger partial charge in [0.2, 0.25) is 0 Å². The van der Waals surface area contributed by atoms with Crippen LogP contribution in [0, 0.1) is 11.8 Å². The predicted octanol–water partition coefficient (Wildman–Crippen LogP) is 3.63. The van der Waals surface area contributed by atoms with Crippen molar-refractivity contribution in [2.45, 2.75) is 45.0 Å². The van der Waals surface area contributed by atoms with Crippen LogP contribution in [0.4, 0.5) is 0 Å². The Morgan fingerprint density at radius 3 is 2.54 bits per heavy atom. The van der Waals surface area contributed by atoms with E-state index in [0.29, 0.717) is 25.3 Å². The molecule has 2 aromatic rings. The Balaban J connectivity index is 1.54. The standard InChI is InChI=1S/C24H27NO3/c1-24(2,27)14-11-19-9-6-10-21(17-19)23(26)25-15-12-22(13-16-25)28-18-20-7-4-3-5-8-20/h3-10,17,22,27H,12-13,15-16,18H2,1-2H3. The van der Waals surface area contributed by atoms with Crippen LogP contribution >= 0.6 is 0 Å². The van der Waals surface area contributed by atoms with E-state index in [1.807, 2.05) is 41.3 Å². The van der Waals surface area contributed by atoms with E-state index in [1.54, 1.807) is 19.9 Å². The molecular weight excluding hydrogens is 350 g/mol. The summed E-state index contributed by atoms with van der Waals surface area (Å²) >= 11 is 0. The van der Waals surface area contributed by atoms with Crippen molar-refractivity contribution < 1.29 is 14.6 Å². The second kappa shape index (κ2) is 9.05. The molecule has 1 saturated heterocycles. The number of amides is 1. The third-order valence-electron chi connectivity index (χ3n) is 4.68. The number of hydrogen-bond donors (Lipinski definition) is 1. The highest BCUT2D eigenvalue weighted by atomic mass is 16.5. The Bertz CT molecular complexity index is 851. The van der Waals surface area contributed by atoms with Crippen LogP contribution in [0.1, 0.15) is 48.2 Å². The molecule has 0 aromatic heterocycles. The summed E-state index contributed by atoms with van der Waals surface area (Å²) in [5.74, 6) is 5.73. The van der Waals surface area contributed by atoms with E-state index < -0.39 is 5.60 Å². The Labute approximate surface area is 167 Å². The van der Waals surface area contributed by atoms with Crippen molar-refractivity contribution in [2.24, 2.45) is 0 Å². The van der Waals surface area contributed by atoms with Crippen molar-refractivity contribution in [3.63, 3.8) is 0 Å². The molecule has 2 aromatic carbocycles. The smallest absolute Gasteiger partial charge is 0.253 e. The topological polar surface area (TPSA) is 49.8 Å². The van der Waals surface area contributed by atoms with Crippen molar-refractivity contribution in [3.8, 4) is 11.8 Å². The summed E-state index contributed by atoms with van der Waals surface area (Å²) in [4.78, 5) is 14.7. The summed E-state index contributed by atoms with van der Waals surface area (Å²) < 4.78 is 6.01. The van der Waals surface area contributed by atoms with Gasteiger partial charge in [-0.25, -0.2) is 0 Å². The molecule has 0 saturated carbocycles. The van der Waals surface area contributed by atoms with Crippen LogP contribution in [-0.2, 0) is 11.3 Å². The number of ether oxygens (including phenoxy) is 1. The lowest BCUT2D eigenvalue weighted by Crippen LogP contribution is -2.40. The van der Waals surface area contributed by atoms with Gasteiger partial charge in [0.25, 0.3) is 5.91 Å². The van der Waals surface area contributed by atoms with E-state index in [9.17, 15) is 9.90 Å². The first-order valence-corrected chi connectivity index (χ1v) is 9.71. The Morgan fingerprint density at radius 2 is 1.86 bits per heavy atom. The molecule has 0 aliphatic carbocycles. The fraction of sp³-hybridized carbons (Fsp3) is 0.375. The molecule has 0 radical (unpaired) electrons.